The molecule has 0 aliphatic rings. The molecule has 0 spiro atoms. The Morgan fingerprint density at radius 1 is 1.14 bits per heavy atom. The first kappa shape index (κ1) is 15.4. The van der Waals surface area contributed by atoms with E-state index in [2.05, 4.69) is 10.6 Å². The minimum absolute atomic E-state index is 0.0450. The quantitative estimate of drug-likeness (QED) is 0.883. The van der Waals surface area contributed by atoms with Crippen molar-refractivity contribution in [2.24, 2.45) is 0 Å². The lowest BCUT2D eigenvalue weighted by Crippen LogP contribution is -2.34. The van der Waals surface area contributed by atoms with E-state index in [0.717, 1.165) is 22.7 Å². The smallest absolute Gasteiger partial charge is 0.253 e. The fraction of sp³-hybridized carbons (Fsp3) is 0.235. The molecule has 2 aromatic rings. The Labute approximate surface area is 130 Å². The molecule has 4 heteroatoms. The highest BCUT2D eigenvalue weighted by molar-refractivity contribution is 6.30. The average molecular weight is 303 g/mol. The number of carbonyl (C=O) groups excluding carboxylic acids is 1. The van der Waals surface area contributed by atoms with Crippen molar-refractivity contribution in [2.75, 3.05) is 12.4 Å². The summed E-state index contributed by atoms with van der Waals surface area (Å²) in [5.41, 5.74) is 2.63. The first-order valence-corrected chi connectivity index (χ1v) is 7.30. The standard InChI is InChI=1S/C17H19ClN2O/c1-12(11-13-7-9-14(18)10-8-13)20-17(21)15-5-3-4-6-16(15)19-2/h3-10,12,19H,11H2,1-2H3,(H,20,21). The summed E-state index contributed by atoms with van der Waals surface area (Å²) < 4.78 is 0. The summed E-state index contributed by atoms with van der Waals surface area (Å²) in [4.78, 5) is 12.3. The molecule has 21 heavy (non-hydrogen) atoms. The lowest BCUT2D eigenvalue weighted by Gasteiger charge is -2.15. The molecule has 2 aromatic carbocycles. The Kier molecular flexibility index (Phi) is 5.23. The summed E-state index contributed by atoms with van der Waals surface area (Å²) in [6.07, 6.45) is 0.768. The van der Waals surface area contributed by atoms with Gasteiger partial charge in [0, 0.05) is 23.8 Å². The summed E-state index contributed by atoms with van der Waals surface area (Å²) in [5.74, 6) is -0.0681. The molecular formula is C17H19ClN2O. The Hall–Kier alpha value is -2.00. The average Bonchev–Trinajstić information content (AvgIpc) is 2.49. The van der Waals surface area contributed by atoms with Crippen molar-refractivity contribution >= 4 is 23.2 Å². The second-order valence-corrected chi connectivity index (χ2v) is 5.44. The van der Waals surface area contributed by atoms with E-state index < -0.39 is 0 Å². The van der Waals surface area contributed by atoms with Crippen molar-refractivity contribution in [3.8, 4) is 0 Å². The van der Waals surface area contributed by atoms with Crippen LogP contribution >= 0.6 is 11.6 Å². The number of hydrogen-bond donors (Lipinski definition) is 2. The maximum atomic E-state index is 12.3. The van der Waals surface area contributed by atoms with Gasteiger partial charge in [-0.05, 0) is 43.2 Å². The molecule has 1 unspecified atom stereocenters. The molecule has 0 heterocycles. The Bertz CT molecular complexity index is 610. The number of benzene rings is 2. The summed E-state index contributed by atoms with van der Waals surface area (Å²) in [6.45, 7) is 1.99. The van der Waals surface area contributed by atoms with Gasteiger partial charge in [-0.15, -0.1) is 0 Å². The molecule has 0 saturated heterocycles. The van der Waals surface area contributed by atoms with E-state index in [1.54, 1.807) is 0 Å². The van der Waals surface area contributed by atoms with Gasteiger partial charge in [0.05, 0.1) is 5.56 Å². The van der Waals surface area contributed by atoms with E-state index in [-0.39, 0.29) is 11.9 Å². The summed E-state index contributed by atoms with van der Waals surface area (Å²) in [5, 5.41) is 6.77. The van der Waals surface area contributed by atoms with E-state index in [0.29, 0.717) is 5.56 Å². The molecule has 0 saturated carbocycles. The van der Waals surface area contributed by atoms with Gasteiger partial charge in [0.2, 0.25) is 0 Å². The second kappa shape index (κ2) is 7.14. The van der Waals surface area contributed by atoms with E-state index in [1.165, 1.54) is 0 Å². The molecular weight excluding hydrogens is 284 g/mol. The normalized spacial score (nSPS) is 11.8. The third-order valence-corrected chi connectivity index (χ3v) is 3.53. The fourth-order valence-corrected chi connectivity index (χ4v) is 2.35. The lowest BCUT2D eigenvalue weighted by molar-refractivity contribution is 0.0941. The molecule has 0 aliphatic carbocycles. The van der Waals surface area contributed by atoms with E-state index in [1.807, 2.05) is 62.5 Å². The highest BCUT2D eigenvalue weighted by Gasteiger charge is 2.13. The number of para-hydroxylation sites is 1. The van der Waals surface area contributed by atoms with Crippen LogP contribution in [0, 0.1) is 0 Å². The van der Waals surface area contributed by atoms with Gasteiger partial charge in [0.25, 0.3) is 5.91 Å². The van der Waals surface area contributed by atoms with Crippen LogP contribution in [0.2, 0.25) is 5.02 Å². The van der Waals surface area contributed by atoms with Gasteiger partial charge < -0.3 is 10.6 Å². The molecule has 0 aliphatic heterocycles. The van der Waals surface area contributed by atoms with Crippen LogP contribution in [0.25, 0.3) is 0 Å². The molecule has 3 nitrogen and oxygen atoms in total. The Morgan fingerprint density at radius 3 is 2.48 bits per heavy atom. The number of amides is 1. The zero-order chi connectivity index (χ0) is 15.2. The highest BCUT2D eigenvalue weighted by atomic mass is 35.5. The molecule has 0 radical (unpaired) electrons. The van der Waals surface area contributed by atoms with Gasteiger partial charge in [-0.25, -0.2) is 0 Å². The Morgan fingerprint density at radius 2 is 1.81 bits per heavy atom. The first-order chi connectivity index (χ1) is 10.1. The monoisotopic (exact) mass is 302 g/mol. The molecule has 0 aromatic heterocycles. The first-order valence-electron chi connectivity index (χ1n) is 6.92. The molecule has 1 atom stereocenters. The van der Waals surface area contributed by atoms with Crippen molar-refractivity contribution in [1.29, 1.82) is 0 Å². The highest BCUT2D eigenvalue weighted by Crippen LogP contribution is 2.15. The van der Waals surface area contributed by atoms with Gasteiger partial charge in [-0.1, -0.05) is 35.9 Å². The molecule has 2 N–H and O–H groups in total. The predicted molar refractivity (Wildman–Crippen MR) is 88.1 cm³/mol. The van der Waals surface area contributed by atoms with Crippen LogP contribution in [0.3, 0.4) is 0 Å². The van der Waals surface area contributed by atoms with E-state index >= 15 is 0 Å². The van der Waals surface area contributed by atoms with Crippen LogP contribution in [0.1, 0.15) is 22.8 Å². The summed E-state index contributed by atoms with van der Waals surface area (Å²) in [7, 11) is 1.81. The number of carbonyl (C=O) groups is 1. The van der Waals surface area contributed by atoms with Gasteiger partial charge in [-0.2, -0.15) is 0 Å². The minimum Gasteiger partial charge on any atom is -0.387 e. The van der Waals surface area contributed by atoms with Crippen LogP contribution in [-0.2, 0) is 6.42 Å². The summed E-state index contributed by atoms with van der Waals surface area (Å²) in [6, 6.07) is 15.2. The predicted octanol–water partition coefficient (Wildman–Crippen LogP) is 3.74. The molecule has 0 fully saturated rings. The minimum atomic E-state index is -0.0681. The number of anilines is 1. The lowest BCUT2D eigenvalue weighted by atomic mass is 10.1. The van der Waals surface area contributed by atoms with Gasteiger partial charge in [0.15, 0.2) is 0 Å². The number of hydrogen-bond acceptors (Lipinski definition) is 2. The third-order valence-electron chi connectivity index (χ3n) is 3.27. The maximum Gasteiger partial charge on any atom is 0.253 e. The van der Waals surface area contributed by atoms with Gasteiger partial charge >= 0.3 is 0 Å². The van der Waals surface area contributed by atoms with Crippen molar-refractivity contribution < 1.29 is 4.79 Å². The van der Waals surface area contributed by atoms with E-state index in [9.17, 15) is 4.79 Å². The van der Waals surface area contributed by atoms with Crippen molar-refractivity contribution in [1.82, 2.24) is 5.32 Å². The molecule has 0 bridgehead atoms. The van der Waals surface area contributed by atoms with Crippen LogP contribution in [0.15, 0.2) is 48.5 Å². The van der Waals surface area contributed by atoms with Crippen molar-refractivity contribution in [2.45, 2.75) is 19.4 Å². The van der Waals surface area contributed by atoms with E-state index in [4.69, 9.17) is 11.6 Å². The maximum absolute atomic E-state index is 12.3. The number of nitrogens with one attached hydrogen (secondary N) is 2. The third kappa shape index (κ3) is 4.23. The summed E-state index contributed by atoms with van der Waals surface area (Å²) >= 11 is 5.87. The number of halogens is 1. The second-order valence-electron chi connectivity index (χ2n) is 5.00. The van der Waals surface area contributed by atoms with Crippen molar-refractivity contribution in [3.63, 3.8) is 0 Å². The molecule has 1 amide bonds. The zero-order valence-electron chi connectivity index (χ0n) is 12.2. The van der Waals surface area contributed by atoms with Crippen LogP contribution < -0.4 is 10.6 Å². The van der Waals surface area contributed by atoms with Crippen LogP contribution in [-0.4, -0.2) is 19.0 Å². The SMILES string of the molecule is CNc1ccccc1C(=O)NC(C)Cc1ccc(Cl)cc1. The Balaban J connectivity index is 2.00. The van der Waals surface area contributed by atoms with Gasteiger partial charge in [-0.3, -0.25) is 4.79 Å². The van der Waals surface area contributed by atoms with Crippen molar-refractivity contribution in [3.05, 3.63) is 64.7 Å². The number of rotatable bonds is 5. The fourth-order valence-electron chi connectivity index (χ4n) is 2.23. The van der Waals surface area contributed by atoms with Crippen LogP contribution in [0.5, 0.6) is 0 Å². The topological polar surface area (TPSA) is 41.1 Å². The van der Waals surface area contributed by atoms with Gasteiger partial charge in [0.1, 0.15) is 0 Å². The zero-order valence-corrected chi connectivity index (χ0v) is 12.9. The molecule has 110 valence electrons. The largest absolute Gasteiger partial charge is 0.387 e. The van der Waals surface area contributed by atoms with Crippen LogP contribution in [0.4, 0.5) is 5.69 Å². The molecule has 2 rings (SSSR count).